The molecule has 2 N–H and O–H groups in total. The summed E-state index contributed by atoms with van der Waals surface area (Å²) in [4.78, 5) is 29.2. The van der Waals surface area contributed by atoms with Crippen molar-refractivity contribution in [1.29, 1.82) is 0 Å². The number of aromatic nitrogens is 3. The minimum atomic E-state index is -0.127. The van der Waals surface area contributed by atoms with Gasteiger partial charge in [-0.15, -0.1) is 0 Å². The molecule has 2 aromatic carbocycles. The monoisotopic (exact) mass is 533 g/mol. The van der Waals surface area contributed by atoms with Crippen LogP contribution in [-0.4, -0.2) is 44.0 Å². The van der Waals surface area contributed by atoms with Gasteiger partial charge >= 0.3 is 0 Å². The standard InChI is InChI=1S/C28H28ClN5O2S/c1-19-8-5-9-20(2)26(19)24-17-25(29)32-28(31-24)33-37-23-12-6-10-21(16-23)27(36)34(14-7-15-35)18-22-11-3-4-13-30-22/h3-6,8-13,16-17,35H,7,14-15,18H2,1-2H3,(H,31,32,33). The van der Waals surface area contributed by atoms with E-state index in [1.54, 1.807) is 23.2 Å². The quantitative estimate of drug-likeness (QED) is 0.192. The van der Waals surface area contributed by atoms with Crippen LogP contribution in [0.5, 0.6) is 0 Å². The normalized spacial score (nSPS) is 10.8. The first-order valence-electron chi connectivity index (χ1n) is 11.9. The molecule has 0 fully saturated rings. The summed E-state index contributed by atoms with van der Waals surface area (Å²) in [6.07, 6.45) is 2.19. The van der Waals surface area contributed by atoms with Gasteiger partial charge in [0.2, 0.25) is 5.95 Å². The highest BCUT2D eigenvalue weighted by atomic mass is 35.5. The van der Waals surface area contributed by atoms with Crippen molar-refractivity contribution in [3.05, 3.63) is 100 Å². The Labute approximate surface area is 226 Å². The third-order valence-electron chi connectivity index (χ3n) is 5.73. The number of benzene rings is 2. The van der Waals surface area contributed by atoms with E-state index in [2.05, 4.69) is 19.7 Å². The Morgan fingerprint density at radius 3 is 2.54 bits per heavy atom. The topological polar surface area (TPSA) is 91.2 Å². The average molecular weight is 534 g/mol. The van der Waals surface area contributed by atoms with E-state index in [-0.39, 0.29) is 12.5 Å². The molecule has 37 heavy (non-hydrogen) atoms. The number of carbonyl (C=O) groups is 1. The molecule has 4 rings (SSSR count). The number of aliphatic hydroxyl groups excluding tert-OH is 1. The number of nitrogens with one attached hydrogen (secondary N) is 1. The van der Waals surface area contributed by atoms with Crippen LogP contribution in [0.25, 0.3) is 11.3 Å². The molecule has 0 aliphatic heterocycles. The molecule has 0 atom stereocenters. The Kier molecular flexibility index (Phi) is 9.11. The molecule has 0 spiro atoms. The fraction of sp³-hybridized carbons (Fsp3) is 0.214. The molecule has 2 heterocycles. The molecule has 0 radical (unpaired) electrons. The maximum Gasteiger partial charge on any atom is 0.254 e. The molecule has 7 nitrogen and oxygen atoms in total. The van der Waals surface area contributed by atoms with Crippen molar-refractivity contribution in [2.45, 2.75) is 31.7 Å². The van der Waals surface area contributed by atoms with Gasteiger partial charge in [0.15, 0.2) is 0 Å². The number of rotatable bonds is 10. The van der Waals surface area contributed by atoms with E-state index in [4.69, 9.17) is 11.6 Å². The Bertz CT molecular complexity index is 1350. The number of aliphatic hydroxyl groups is 1. The zero-order chi connectivity index (χ0) is 26.2. The minimum Gasteiger partial charge on any atom is -0.396 e. The first-order chi connectivity index (χ1) is 17.9. The lowest BCUT2D eigenvalue weighted by Crippen LogP contribution is -2.32. The first kappa shape index (κ1) is 26.6. The number of nitrogens with zero attached hydrogens (tertiary/aromatic N) is 4. The fourth-order valence-corrected chi connectivity index (χ4v) is 4.81. The number of halogens is 1. The van der Waals surface area contributed by atoms with Crippen molar-refractivity contribution in [3.63, 3.8) is 0 Å². The molecule has 0 aliphatic carbocycles. The zero-order valence-electron chi connectivity index (χ0n) is 20.7. The van der Waals surface area contributed by atoms with E-state index >= 15 is 0 Å². The van der Waals surface area contributed by atoms with E-state index < -0.39 is 0 Å². The molecular formula is C28H28ClN5O2S. The second kappa shape index (κ2) is 12.7. The van der Waals surface area contributed by atoms with Crippen LogP contribution in [-0.2, 0) is 6.54 Å². The second-order valence-corrected chi connectivity index (χ2v) is 9.79. The number of aryl methyl sites for hydroxylation is 2. The van der Waals surface area contributed by atoms with Crippen LogP contribution in [0.15, 0.2) is 77.8 Å². The fourth-order valence-electron chi connectivity index (χ4n) is 3.99. The van der Waals surface area contributed by atoms with Crippen LogP contribution in [0.2, 0.25) is 5.15 Å². The van der Waals surface area contributed by atoms with Crippen LogP contribution in [0.3, 0.4) is 0 Å². The summed E-state index contributed by atoms with van der Waals surface area (Å²) in [5.74, 6) is 0.254. The average Bonchev–Trinajstić information content (AvgIpc) is 2.90. The largest absolute Gasteiger partial charge is 0.396 e. The predicted molar refractivity (Wildman–Crippen MR) is 149 cm³/mol. The van der Waals surface area contributed by atoms with Crippen LogP contribution in [0, 0.1) is 13.8 Å². The molecule has 4 aromatic rings. The van der Waals surface area contributed by atoms with Gasteiger partial charge in [-0.05, 0) is 73.7 Å². The van der Waals surface area contributed by atoms with E-state index in [1.165, 1.54) is 11.9 Å². The maximum atomic E-state index is 13.3. The van der Waals surface area contributed by atoms with Gasteiger partial charge in [0.05, 0.1) is 17.9 Å². The van der Waals surface area contributed by atoms with Gasteiger partial charge in [-0.3, -0.25) is 14.5 Å². The van der Waals surface area contributed by atoms with Crippen molar-refractivity contribution in [2.24, 2.45) is 0 Å². The SMILES string of the molecule is Cc1cccc(C)c1-c1cc(Cl)nc(NSc2cccc(C(=O)N(CCCO)Cc3ccccn3)c2)n1. The highest BCUT2D eigenvalue weighted by Gasteiger charge is 2.17. The molecule has 0 unspecified atom stereocenters. The first-order valence-corrected chi connectivity index (χ1v) is 13.1. The van der Waals surface area contributed by atoms with Crippen LogP contribution >= 0.6 is 23.5 Å². The zero-order valence-corrected chi connectivity index (χ0v) is 22.3. The molecule has 0 aliphatic rings. The van der Waals surface area contributed by atoms with Gasteiger partial charge in [-0.25, -0.2) is 9.97 Å². The van der Waals surface area contributed by atoms with Gasteiger partial charge in [0, 0.05) is 41.4 Å². The smallest absolute Gasteiger partial charge is 0.254 e. The van der Waals surface area contributed by atoms with Crippen molar-refractivity contribution in [1.82, 2.24) is 19.9 Å². The number of carbonyl (C=O) groups excluding carboxylic acids is 1. The van der Waals surface area contributed by atoms with E-state index in [0.29, 0.717) is 36.2 Å². The highest BCUT2D eigenvalue weighted by Crippen LogP contribution is 2.29. The number of hydrogen-bond acceptors (Lipinski definition) is 7. The summed E-state index contributed by atoms with van der Waals surface area (Å²) < 4.78 is 3.16. The lowest BCUT2D eigenvalue weighted by Gasteiger charge is -2.22. The molecule has 0 saturated carbocycles. The summed E-state index contributed by atoms with van der Waals surface area (Å²) >= 11 is 7.63. The van der Waals surface area contributed by atoms with Crippen molar-refractivity contribution in [2.75, 3.05) is 17.9 Å². The van der Waals surface area contributed by atoms with Gasteiger partial charge in [0.1, 0.15) is 5.15 Å². The number of amides is 1. The van der Waals surface area contributed by atoms with Crippen LogP contribution in [0.4, 0.5) is 5.95 Å². The van der Waals surface area contributed by atoms with Crippen molar-refractivity contribution in [3.8, 4) is 11.3 Å². The van der Waals surface area contributed by atoms with E-state index in [1.807, 2.05) is 68.4 Å². The molecule has 0 saturated heterocycles. The Balaban J connectivity index is 1.50. The molecule has 1 amide bonds. The van der Waals surface area contributed by atoms with Crippen molar-refractivity contribution < 1.29 is 9.90 Å². The minimum absolute atomic E-state index is 0.00939. The highest BCUT2D eigenvalue weighted by molar-refractivity contribution is 8.00. The molecular weight excluding hydrogens is 506 g/mol. The summed E-state index contributed by atoms with van der Waals surface area (Å²) in [5.41, 5.74) is 5.33. The molecule has 2 aromatic heterocycles. The van der Waals surface area contributed by atoms with Gasteiger partial charge in [0.25, 0.3) is 5.91 Å². The van der Waals surface area contributed by atoms with Crippen LogP contribution in [0.1, 0.15) is 33.6 Å². The molecule has 190 valence electrons. The maximum absolute atomic E-state index is 13.3. The molecule has 0 bridgehead atoms. The number of pyridine rings is 1. The lowest BCUT2D eigenvalue weighted by atomic mass is 10.00. The van der Waals surface area contributed by atoms with E-state index in [0.717, 1.165) is 33.0 Å². The summed E-state index contributed by atoms with van der Waals surface area (Å²) in [6, 6.07) is 20.8. The third kappa shape index (κ3) is 7.07. The van der Waals surface area contributed by atoms with Crippen molar-refractivity contribution >= 4 is 35.4 Å². The van der Waals surface area contributed by atoms with E-state index in [9.17, 15) is 9.90 Å². The summed E-state index contributed by atoms with van der Waals surface area (Å²) in [6.45, 7) is 4.89. The lowest BCUT2D eigenvalue weighted by molar-refractivity contribution is 0.0729. The van der Waals surface area contributed by atoms with Gasteiger partial charge < -0.3 is 10.0 Å². The Hall–Kier alpha value is -3.46. The molecule has 9 heteroatoms. The van der Waals surface area contributed by atoms with Crippen LogP contribution < -0.4 is 4.72 Å². The van der Waals surface area contributed by atoms with Gasteiger partial charge in [-0.2, -0.15) is 0 Å². The Morgan fingerprint density at radius 2 is 1.81 bits per heavy atom. The number of anilines is 1. The predicted octanol–water partition coefficient (Wildman–Crippen LogP) is 5.95. The third-order valence-corrected chi connectivity index (χ3v) is 6.69. The van der Waals surface area contributed by atoms with Gasteiger partial charge in [-0.1, -0.05) is 41.9 Å². The summed E-state index contributed by atoms with van der Waals surface area (Å²) in [7, 11) is 0. The summed E-state index contributed by atoms with van der Waals surface area (Å²) in [5, 5.41) is 9.65. The number of hydrogen-bond donors (Lipinski definition) is 2. The second-order valence-electron chi connectivity index (χ2n) is 8.52. The Morgan fingerprint density at radius 1 is 1.03 bits per heavy atom.